The van der Waals surface area contributed by atoms with Crippen LogP contribution in [-0.4, -0.2) is 18.4 Å². The van der Waals surface area contributed by atoms with Gasteiger partial charge in [0.2, 0.25) is 0 Å². The fourth-order valence-corrected chi connectivity index (χ4v) is 2.42. The molecule has 2 aromatic carbocycles. The second-order valence-electron chi connectivity index (χ2n) is 5.60. The summed E-state index contributed by atoms with van der Waals surface area (Å²) >= 11 is 0. The Morgan fingerprint density at radius 3 is 2.59 bits per heavy atom. The summed E-state index contributed by atoms with van der Waals surface area (Å²) < 4.78 is 24.3. The Balaban J connectivity index is 1.57. The molecule has 0 fully saturated rings. The molecule has 0 radical (unpaired) electrons. The van der Waals surface area contributed by atoms with E-state index >= 15 is 0 Å². The maximum Gasteiger partial charge on any atom is 0.305 e. The molecule has 2 N–H and O–H groups in total. The first-order valence-corrected chi connectivity index (χ1v) is 7.89. The predicted octanol–water partition coefficient (Wildman–Crippen LogP) is 2.59. The number of benzene rings is 2. The number of ether oxygens (including phenoxy) is 1. The summed E-state index contributed by atoms with van der Waals surface area (Å²) in [5.41, 5.74) is 5.30. The molecule has 0 aliphatic rings. The number of hydrogen-bond donors (Lipinski definition) is 2. The standard InChI is InChI=1S/C19H14FN3O4/c1-11-14-3-2-4-15(20)18(14)27-17(11)19(25)23-22-16(24)10-26-13-7-5-12(9-21)6-8-13/h2-8H,10H2,1H3,(H,22,24)(H,23,25). The molecule has 136 valence electrons. The highest BCUT2D eigenvalue weighted by Crippen LogP contribution is 2.27. The molecule has 0 saturated heterocycles. The number of nitrogens with one attached hydrogen (secondary N) is 2. The molecular weight excluding hydrogens is 353 g/mol. The van der Waals surface area contributed by atoms with Crippen LogP contribution >= 0.6 is 0 Å². The number of fused-ring (bicyclic) bond motifs is 1. The molecule has 0 aliphatic carbocycles. The molecule has 0 atom stereocenters. The van der Waals surface area contributed by atoms with Crippen molar-refractivity contribution in [3.63, 3.8) is 0 Å². The van der Waals surface area contributed by atoms with E-state index in [0.29, 0.717) is 22.3 Å². The molecule has 3 aromatic rings. The van der Waals surface area contributed by atoms with Crippen molar-refractivity contribution >= 4 is 22.8 Å². The van der Waals surface area contributed by atoms with E-state index in [9.17, 15) is 14.0 Å². The van der Waals surface area contributed by atoms with Crippen LogP contribution in [0.25, 0.3) is 11.0 Å². The average molecular weight is 367 g/mol. The van der Waals surface area contributed by atoms with Gasteiger partial charge in [-0.15, -0.1) is 0 Å². The summed E-state index contributed by atoms with van der Waals surface area (Å²) in [6.07, 6.45) is 0. The molecule has 3 rings (SSSR count). The van der Waals surface area contributed by atoms with Crippen LogP contribution in [0.15, 0.2) is 46.9 Å². The van der Waals surface area contributed by atoms with Crippen molar-refractivity contribution in [2.45, 2.75) is 6.92 Å². The molecular formula is C19H14FN3O4. The molecule has 0 spiro atoms. The van der Waals surface area contributed by atoms with Crippen LogP contribution in [0.2, 0.25) is 0 Å². The maximum absolute atomic E-state index is 13.7. The number of carbonyl (C=O) groups excluding carboxylic acids is 2. The predicted molar refractivity (Wildman–Crippen MR) is 93.2 cm³/mol. The number of amides is 2. The Labute approximate surface area is 153 Å². The fourth-order valence-electron chi connectivity index (χ4n) is 2.42. The Morgan fingerprint density at radius 2 is 1.93 bits per heavy atom. The van der Waals surface area contributed by atoms with E-state index in [4.69, 9.17) is 14.4 Å². The summed E-state index contributed by atoms with van der Waals surface area (Å²) in [6.45, 7) is 1.27. The molecule has 8 heteroatoms. The van der Waals surface area contributed by atoms with Gasteiger partial charge in [0.25, 0.3) is 5.91 Å². The zero-order valence-electron chi connectivity index (χ0n) is 14.2. The van der Waals surface area contributed by atoms with Gasteiger partial charge in [-0.3, -0.25) is 20.4 Å². The van der Waals surface area contributed by atoms with Gasteiger partial charge in [-0.2, -0.15) is 5.26 Å². The van der Waals surface area contributed by atoms with Crippen molar-refractivity contribution in [1.29, 1.82) is 5.26 Å². The molecule has 0 unspecified atom stereocenters. The topological polar surface area (TPSA) is 104 Å². The van der Waals surface area contributed by atoms with E-state index in [1.165, 1.54) is 12.1 Å². The third kappa shape index (κ3) is 3.88. The first-order valence-electron chi connectivity index (χ1n) is 7.89. The average Bonchev–Trinajstić information content (AvgIpc) is 3.03. The molecule has 0 aliphatic heterocycles. The highest BCUT2D eigenvalue weighted by atomic mass is 19.1. The van der Waals surface area contributed by atoms with E-state index in [1.807, 2.05) is 6.07 Å². The van der Waals surface area contributed by atoms with Crippen LogP contribution in [0, 0.1) is 24.1 Å². The van der Waals surface area contributed by atoms with E-state index in [-0.39, 0.29) is 18.0 Å². The third-order valence-electron chi connectivity index (χ3n) is 3.79. The van der Waals surface area contributed by atoms with Gasteiger partial charge in [0.1, 0.15) is 5.75 Å². The lowest BCUT2D eigenvalue weighted by Gasteiger charge is -2.08. The van der Waals surface area contributed by atoms with Crippen molar-refractivity contribution in [3.8, 4) is 11.8 Å². The number of furan rings is 1. The summed E-state index contributed by atoms with van der Waals surface area (Å²) in [5.74, 6) is -1.58. The lowest BCUT2D eigenvalue weighted by Crippen LogP contribution is -2.43. The van der Waals surface area contributed by atoms with E-state index in [0.717, 1.165) is 0 Å². The van der Waals surface area contributed by atoms with Gasteiger partial charge in [0.05, 0.1) is 11.6 Å². The first kappa shape index (κ1) is 17.9. The first-order chi connectivity index (χ1) is 13.0. The number of aryl methyl sites for hydroxylation is 1. The van der Waals surface area contributed by atoms with Gasteiger partial charge >= 0.3 is 5.91 Å². The second kappa shape index (κ2) is 7.58. The lowest BCUT2D eigenvalue weighted by atomic mass is 10.1. The Bertz CT molecular complexity index is 1050. The van der Waals surface area contributed by atoms with Crippen LogP contribution < -0.4 is 15.6 Å². The zero-order chi connectivity index (χ0) is 19.4. The third-order valence-corrected chi connectivity index (χ3v) is 3.79. The van der Waals surface area contributed by atoms with Crippen molar-refractivity contribution in [2.75, 3.05) is 6.61 Å². The van der Waals surface area contributed by atoms with Gasteiger partial charge in [-0.25, -0.2) is 4.39 Å². The molecule has 0 bridgehead atoms. The molecule has 2 amide bonds. The summed E-state index contributed by atoms with van der Waals surface area (Å²) in [6, 6.07) is 12.6. The minimum absolute atomic E-state index is 0.0179. The summed E-state index contributed by atoms with van der Waals surface area (Å²) in [7, 11) is 0. The normalized spacial score (nSPS) is 10.3. The highest BCUT2D eigenvalue weighted by molar-refractivity contribution is 5.99. The SMILES string of the molecule is Cc1c(C(=O)NNC(=O)COc2ccc(C#N)cc2)oc2c(F)cccc12. The summed E-state index contributed by atoms with van der Waals surface area (Å²) in [4.78, 5) is 24.0. The van der Waals surface area contributed by atoms with Crippen LogP contribution in [0.3, 0.4) is 0 Å². The van der Waals surface area contributed by atoms with Gasteiger partial charge < -0.3 is 9.15 Å². The van der Waals surface area contributed by atoms with Gasteiger partial charge in [-0.05, 0) is 37.3 Å². The lowest BCUT2D eigenvalue weighted by molar-refractivity contribution is -0.123. The molecule has 1 aromatic heterocycles. The van der Waals surface area contributed by atoms with Crippen molar-refractivity contribution < 1.29 is 23.1 Å². The Hall–Kier alpha value is -3.86. The molecule has 7 nitrogen and oxygen atoms in total. The van der Waals surface area contributed by atoms with Crippen LogP contribution in [0.5, 0.6) is 5.75 Å². The molecule has 1 heterocycles. The Kier molecular flexibility index (Phi) is 5.04. The fraction of sp³-hybridized carbons (Fsp3) is 0.105. The number of nitrogens with zero attached hydrogens (tertiary/aromatic N) is 1. The monoisotopic (exact) mass is 367 g/mol. The number of nitriles is 1. The second-order valence-corrected chi connectivity index (χ2v) is 5.60. The largest absolute Gasteiger partial charge is 0.484 e. The van der Waals surface area contributed by atoms with E-state index < -0.39 is 17.6 Å². The quantitative estimate of drug-likeness (QED) is 0.690. The van der Waals surface area contributed by atoms with Crippen LogP contribution in [-0.2, 0) is 4.79 Å². The van der Waals surface area contributed by atoms with E-state index in [2.05, 4.69) is 10.9 Å². The highest BCUT2D eigenvalue weighted by Gasteiger charge is 2.19. The number of hydrogen-bond acceptors (Lipinski definition) is 5. The van der Waals surface area contributed by atoms with Crippen molar-refractivity contribution in [3.05, 3.63) is 65.2 Å². The zero-order valence-corrected chi connectivity index (χ0v) is 14.2. The number of halogens is 1. The molecule has 0 saturated carbocycles. The van der Waals surface area contributed by atoms with Crippen LogP contribution in [0.1, 0.15) is 21.7 Å². The minimum Gasteiger partial charge on any atom is -0.484 e. The van der Waals surface area contributed by atoms with E-state index in [1.54, 1.807) is 37.3 Å². The maximum atomic E-state index is 13.7. The Morgan fingerprint density at radius 1 is 1.19 bits per heavy atom. The van der Waals surface area contributed by atoms with Gasteiger partial charge in [0.15, 0.2) is 23.8 Å². The van der Waals surface area contributed by atoms with Crippen molar-refractivity contribution in [1.82, 2.24) is 10.9 Å². The molecule has 27 heavy (non-hydrogen) atoms. The van der Waals surface area contributed by atoms with Gasteiger partial charge in [0, 0.05) is 10.9 Å². The smallest absolute Gasteiger partial charge is 0.305 e. The number of rotatable bonds is 4. The summed E-state index contributed by atoms with van der Waals surface area (Å²) in [5, 5.41) is 9.20. The minimum atomic E-state index is -0.713. The van der Waals surface area contributed by atoms with Crippen molar-refractivity contribution in [2.24, 2.45) is 0 Å². The number of para-hydroxylation sites is 1. The van der Waals surface area contributed by atoms with Gasteiger partial charge in [-0.1, -0.05) is 12.1 Å². The number of carbonyl (C=O) groups is 2. The van der Waals surface area contributed by atoms with Crippen LogP contribution in [0.4, 0.5) is 4.39 Å². The number of hydrazine groups is 1.